The van der Waals surface area contributed by atoms with E-state index in [9.17, 15) is 8.78 Å². The monoisotopic (exact) mass is 295 g/mol. The molecule has 0 spiro atoms. The van der Waals surface area contributed by atoms with Gasteiger partial charge in [-0.05, 0) is 44.1 Å². The summed E-state index contributed by atoms with van der Waals surface area (Å²) in [6, 6.07) is 6.26. The predicted molar refractivity (Wildman–Crippen MR) is 71.2 cm³/mol. The normalized spacial score (nSPS) is 16.3. The largest absolute Gasteiger partial charge is 0.435 e. The number of ether oxygens (including phenoxy) is 1. The van der Waals surface area contributed by atoms with Gasteiger partial charge in [-0.2, -0.15) is 13.8 Å². The molecule has 1 saturated heterocycles. The van der Waals surface area contributed by atoms with Gasteiger partial charge in [0.15, 0.2) is 5.82 Å². The molecule has 112 valence electrons. The molecule has 2 heterocycles. The Morgan fingerprint density at radius 3 is 2.86 bits per heavy atom. The number of rotatable bonds is 4. The second-order valence-electron chi connectivity index (χ2n) is 4.89. The van der Waals surface area contributed by atoms with Crippen molar-refractivity contribution in [3.05, 3.63) is 30.1 Å². The molecule has 1 aromatic heterocycles. The Balaban J connectivity index is 1.79. The molecule has 1 fully saturated rings. The van der Waals surface area contributed by atoms with E-state index < -0.39 is 6.61 Å². The first kappa shape index (κ1) is 13.9. The number of piperidine rings is 1. The summed E-state index contributed by atoms with van der Waals surface area (Å²) in [7, 11) is 0. The molecule has 21 heavy (non-hydrogen) atoms. The molecular weight excluding hydrogens is 280 g/mol. The van der Waals surface area contributed by atoms with Crippen molar-refractivity contribution in [1.29, 1.82) is 0 Å². The fourth-order valence-corrected chi connectivity index (χ4v) is 2.40. The first-order valence-corrected chi connectivity index (χ1v) is 6.82. The van der Waals surface area contributed by atoms with Crippen LogP contribution in [0.15, 0.2) is 28.8 Å². The minimum atomic E-state index is -2.85. The van der Waals surface area contributed by atoms with Crippen LogP contribution in [0.25, 0.3) is 11.5 Å². The van der Waals surface area contributed by atoms with Crippen LogP contribution in [0, 0.1) is 0 Å². The molecule has 0 bridgehead atoms. The number of alkyl halides is 2. The van der Waals surface area contributed by atoms with Gasteiger partial charge >= 0.3 is 6.61 Å². The first-order valence-electron chi connectivity index (χ1n) is 6.82. The summed E-state index contributed by atoms with van der Waals surface area (Å²) in [5.41, 5.74) is 0.570. The lowest BCUT2D eigenvalue weighted by atomic mass is 9.98. The lowest BCUT2D eigenvalue weighted by molar-refractivity contribution is -0.0498. The maximum absolute atomic E-state index is 12.2. The molecule has 1 aromatic carbocycles. The average molecular weight is 295 g/mol. The van der Waals surface area contributed by atoms with Crippen LogP contribution in [-0.2, 0) is 0 Å². The topological polar surface area (TPSA) is 60.2 Å². The van der Waals surface area contributed by atoms with Crippen LogP contribution >= 0.6 is 0 Å². The van der Waals surface area contributed by atoms with Crippen molar-refractivity contribution in [3.63, 3.8) is 0 Å². The predicted octanol–water partition coefficient (Wildman–Crippen LogP) is 2.81. The molecule has 0 amide bonds. The first-order chi connectivity index (χ1) is 10.2. The summed E-state index contributed by atoms with van der Waals surface area (Å²) >= 11 is 0. The minimum Gasteiger partial charge on any atom is -0.435 e. The van der Waals surface area contributed by atoms with Crippen molar-refractivity contribution < 1.29 is 18.0 Å². The third-order valence-corrected chi connectivity index (χ3v) is 3.45. The van der Waals surface area contributed by atoms with Crippen molar-refractivity contribution in [3.8, 4) is 17.2 Å². The molecule has 5 nitrogen and oxygen atoms in total. The fourth-order valence-electron chi connectivity index (χ4n) is 2.40. The Morgan fingerprint density at radius 1 is 1.29 bits per heavy atom. The number of halogens is 2. The Kier molecular flexibility index (Phi) is 4.10. The molecular formula is C14H15F2N3O2. The van der Waals surface area contributed by atoms with Crippen LogP contribution in [0.5, 0.6) is 5.75 Å². The quantitative estimate of drug-likeness (QED) is 0.940. The van der Waals surface area contributed by atoms with Crippen LogP contribution in [0.1, 0.15) is 24.6 Å². The SMILES string of the molecule is FC(F)Oc1cccc(-c2nc(C3CCNCC3)no2)c1. The van der Waals surface area contributed by atoms with Gasteiger partial charge in [0, 0.05) is 11.5 Å². The Hall–Kier alpha value is -2.02. The van der Waals surface area contributed by atoms with Gasteiger partial charge in [0.05, 0.1) is 0 Å². The van der Waals surface area contributed by atoms with Gasteiger partial charge in [-0.1, -0.05) is 11.2 Å². The minimum absolute atomic E-state index is 0.0733. The summed E-state index contributed by atoms with van der Waals surface area (Å²) in [5.74, 6) is 1.35. The molecule has 0 unspecified atom stereocenters. The summed E-state index contributed by atoms with van der Waals surface area (Å²) in [6.45, 7) is -0.980. The van der Waals surface area contributed by atoms with Gasteiger partial charge in [0.2, 0.25) is 0 Å². The van der Waals surface area contributed by atoms with Gasteiger partial charge in [-0.15, -0.1) is 0 Å². The Morgan fingerprint density at radius 2 is 2.10 bits per heavy atom. The van der Waals surface area contributed by atoms with Crippen LogP contribution < -0.4 is 10.1 Å². The van der Waals surface area contributed by atoms with Crippen LogP contribution in [-0.4, -0.2) is 29.8 Å². The highest BCUT2D eigenvalue weighted by atomic mass is 19.3. The van der Waals surface area contributed by atoms with E-state index in [-0.39, 0.29) is 11.7 Å². The summed E-state index contributed by atoms with van der Waals surface area (Å²) in [5, 5.41) is 7.28. The van der Waals surface area contributed by atoms with Gasteiger partial charge in [0.1, 0.15) is 5.75 Å². The van der Waals surface area contributed by atoms with Crippen LogP contribution in [0.3, 0.4) is 0 Å². The van der Waals surface area contributed by atoms with Crippen molar-refractivity contribution >= 4 is 0 Å². The highest BCUT2D eigenvalue weighted by Crippen LogP contribution is 2.27. The zero-order valence-corrected chi connectivity index (χ0v) is 11.3. The number of hydrogen-bond acceptors (Lipinski definition) is 5. The van der Waals surface area contributed by atoms with E-state index in [4.69, 9.17) is 4.52 Å². The van der Waals surface area contributed by atoms with Gasteiger partial charge in [-0.25, -0.2) is 0 Å². The number of nitrogens with one attached hydrogen (secondary N) is 1. The smallest absolute Gasteiger partial charge is 0.387 e. The Labute approximate surface area is 120 Å². The van der Waals surface area contributed by atoms with Gasteiger partial charge < -0.3 is 14.6 Å². The molecule has 3 rings (SSSR count). The highest BCUT2D eigenvalue weighted by Gasteiger charge is 2.21. The molecule has 0 aliphatic carbocycles. The number of nitrogens with zero attached hydrogens (tertiary/aromatic N) is 2. The fraction of sp³-hybridized carbons (Fsp3) is 0.429. The molecule has 7 heteroatoms. The molecule has 1 aliphatic rings. The van der Waals surface area contributed by atoms with E-state index in [0.717, 1.165) is 25.9 Å². The van der Waals surface area contributed by atoms with Gasteiger partial charge in [-0.3, -0.25) is 0 Å². The van der Waals surface area contributed by atoms with Gasteiger partial charge in [0.25, 0.3) is 5.89 Å². The maximum Gasteiger partial charge on any atom is 0.387 e. The van der Waals surface area contributed by atoms with E-state index in [2.05, 4.69) is 20.2 Å². The van der Waals surface area contributed by atoms with Crippen molar-refractivity contribution in [2.24, 2.45) is 0 Å². The standard InChI is InChI=1S/C14H15F2N3O2/c15-14(16)20-11-3-1-2-10(8-11)13-18-12(19-21-13)9-4-6-17-7-5-9/h1-3,8-9,14,17H,4-7H2. The number of hydrogen-bond donors (Lipinski definition) is 1. The molecule has 1 N–H and O–H groups in total. The number of aromatic nitrogens is 2. The second-order valence-corrected chi connectivity index (χ2v) is 4.89. The lowest BCUT2D eigenvalue weighted by Crippen LogP contribution is -2.27. The molecule has 1 aliphatic heterocycles. The third kappa shape index (κ3) is 3.36. The zero-order valence-electron chi connectivity index (χ0n) is 11.3. The number of benzene rings is 1. The van der Waals surface area contributed by atoms with E-state index >= 15 is 0 Å². The van der Waals surface area contributed by atoms with E-state index in [1.807, 2.05) is 0 Å². The maximum atomic E-state index is 12.2. The highest BCUT2D eigenvalue weighted by molar-refractivity contribution is 5.55. The average Bonchev–Trinajstić information content (AvgIpc) is 2.98. The zero-order chi connectivity index (χ0) is 14.7. The Bertz CT molecular complexity index is 597. The van der Waals surface area contributed by atoms with E-state index in [0.29, 0.717) is 17.3 Å². The molecule has 0 atom stereocenters. The van der Waals surface area contributed by atoms with Crippen molar-refractivity contribution in [2.45, 2.75) is 25.4 Å². The lowest BCUT2D eigenvalue weighted by Gasteiger charge is -2.18. The second kappa shape index (κ2) is 6.17. The van der Waals surface area contributed by atoms with Crippen LogP contribution in [0.2, 0.25) is 0 Å². The van der Waals surface area contributed by atoms with E-state index in [1.54, 1.807) is 12.1 Å². The third-order valence-electron chi connectivity index (χ3n) is 3.45. The molecule has 0 radical (unpaired) electrons. The summed E-state index contributed by atoms with van der Waals surface area (Å²) in [4.78, 5) is 4.38. The van der Waals surface area contributed by atoms with Crippen LogP contribution in [0.4, 0.5) is 8.78 Å². The molecule has 0 saturated carbocycles. The van der Waals surface area contributed by atoms with Crippen molar-refractivity contribution in [2.75, 3.05) is 13.1 Å². The van der Waals surface area contributed by atoms with Crippen molar-refractivity contribution in [1.82, 2.24) is 15.5 Å². The summed E-state index contributed by atoms with van der Waals surface area (Å²) < 4.78 is 34.1. The molecule has 2 aromatic rings. The van der Waals surface area contributed by atoms with E-state index in [1.165, 1.54) is 12.1 Å². The summed E-state index contributed by atoms with van der Waals surface area (Å²) in [6.07, 6.45) is 1.93.